The summed E-state index contributed by atoms with van der Waals surface area (Å²) < 4.78 is 5.18. The van der Waals surface area contributed by atoms with E-state index in [2.05, 4.69) is 15.0 Å². The van der Waals surface area contributed by atoms with E-state index in [1.165, 1.54) is 0 Å². The molecule has 3 aliphatic rings. The second-order valence-corrected chi connectivity index (χ2v) is 8.41. The Morgan fingerprint density at radius 2 is 1.79 bits per heavy atom. The number of aryl methyl sites for hydroxylation is 1. The van der Waals surface area contributed by atoms with Gasteiger partial charge in [0, 0.05) is 45.2 Å². The quantitative estimate of drug-likeness (QED) is 0.791. The number of nitrogens with zero attached hydrogens (tertiary/aromatic N) is 4. The zero-order chi connectivity index (χ0) is 19.5. The molecule has 0 aliphatic carbocycles. The van der Waals surface area contributed by atoms with Crippen LogP contribution in [-0.4, -0.2) is 77.0 Å². The molecule has 2 amide bonds. The smallest absolute Gasteiger partial charge is 0.259 e. The van der Waals surface area contributed by atoms with E-state index in [9.17, 15) is 9.59 Å². The Bertz CT molecular complexity index is 690. The van der Waals surface area contributed by atoms with E-state index in [1.54, 1.807) is 6.20 Å². The van der Waals surface area contributed by atoms with Gasteiger partial charge in [-0.05, 0) is 45.1 Å². The largest absolute Gasteiger partial charge is 0.361 e. The van der Waals surface area contributed by atoms with Gasteiger partial charge in [0.1, 0.15) is 11.3 Å². The molecule has 3 aliphatic heterocycles. The van der Waals surface area contributed by atoms with Crippen LogP contribution < -0.4 is 0 Å². The highest BCUT2D eigenvalue weighted by Crippen LogP contribution is 2.27. The maximum absolute atomic E-state index is 12.8. The van der Waals surface area contributed by atoms with Crippen molar-refractivity contribution in [2.75, 3.05) is 39.3 Å². The Labute approximate surface area is 167 Å². The Hall–Kier alpha value is -1.89. The van der Waals surface area contributed by atoms with E-state index in [0.717, 1.165) is 77.8 Å². The first-order valence-electron chi connectivity index (χ1n) is 10.9. The minimum atomic E-state index is 0.0391. The van der Waals surface area contributed by atoms with E-state index >= 15 is 0 Å². The second kappa shape index (κ2) is 8.64. The molecule has 0 bridgehead atoms. The molecule has 0 radical (unpaired) electrons. The third kappa shape index (κ3) is 3.95. The van der Waals surface area contributed by atoms with Crippen molar-refractivity contribution in [1.82, 2.24) is 19.9 Å². The summed E-state index contributed by atoms with van der Waals surface area (Å²) in [6, 6.07) is 0.478. The van der Waals surface area contributed by atoms with Gasteiger partial charge >= 0.3 is 0 Å². The first kappa shape index (κ1) is 19.4. The lowest BCUT2D eigenvalue weighted by atomic mass is 9.92. The van der Waals surface area contributed by atoms with Crippen molar-refractivity contribution >= 4 is 11.8 Å². The van der Waals surface area contributed by atoms with Gasteiger partial charge in [-0.2, -0.15) is 0 Å². The van der Waals surface area contributed by atoms with Gasteiger partial charge < -0.3 is 14.3 Å². The van der Waals surface area contributed by atoms with Gasteiger partial charge in [0.15, 0.2) is 0 Å². The Kier molecular flexibility index (Phi) is 5.99. The van der Waals surface area contributed by atoms with Gasteiger partial charge in [-0.25, -0.2) is 0 Å². The molecule has 0 aromatic carbocycles. The third-order valence-corrected chi connectivity index (χ3v) is 6.68. The van der Waals surface area contributed by atoms with Crippen LogP contribution in [0.25, 0.3) is 0 Å². The fourth-order valence-corrected chi connectivity index (χ4v) is 5.03. The minimum Gasteiger partial charge on any atom is -0.361 e. The Morgan fingerprint density at radius 3 is 2.50 bits per heavy atom. The summed E-state index contributed by atoms with van der Waals surface area (Å²) in [4.78, 5) is 32.1. The number of piperidine rings is 2. The van der Waals surface area contributed by atoms with Crippen LogP contribution in [0, 0.1) is 5.92 Å². The molecule has 28 heavy (non-hydrogen) atoms. The summed E-state index contributed by atoms with van der Waals surface area (Å²) in [6.07, 6.45) is 8.61. The number of hydrogen-bond donors (Lipinski definition) is 0. The van der Waals surface area contributed by atoms with Crippen LogP contribution in [0.15, 0.2) is 10.7 Å². The van der Waals surface area contributed by atoms with Crippen molar-refractivity contribution < 1.29 is 14.1 Å². The fourth-order valence-electron chi connectivity index (χ4n) is 5.03. The molecule has 0 saturated carbocycles. The van der Waals surface area contributed by atoms with Crippen LogP contribution in [0.4, 0.5) is 0 Å². The molecule has 0 spiro atoms. The Balaban J connectivity index is 1.31. The van der Waals surface area contributed by atoms with Crippen LogP contribution >= 0.6 is 0 Å². The van der Waals surface area contributed by atoms with E-state index in [4.69, 9.17) is 4.52 Å². The van der Waals surface area contributed by atoms with Crippen LogP contribution in [0.3, 0.4) is 0 Å². The van der Waals surface area contributed by atoms with Crippen LogP contribution in [0.5, 0.6) is 0 Å². The lowest BCUT2D eigenvalue weighted by Crippen LogP contribution is -2.51. The van der Waals surface area contributed by atoms with Gasteiger partial charge in [0.05, 0.1) is 12.1 Å². The fraction of sp³-hybridized carbons (Fsp3) is 0.762. The van der Waals surface area contributed by atoms with Gasteiger partial charge in [-0.1, -0.05) is 12.1 Å². The van der Waals surface area contributed by atoms with Crippen molar-refractivity contribution in [3.8, 4) is 0 Å². The summed E-state index contributed by atoms with van der Waals surface area (Å²) in [5, 5.41) is 3.79. The highest BCUT2D eigenvalue weighted by molar-refractivity contribution is 5.94. The number of carbonyl (C=O) groups excluding carboxylic acids is 2. The van der Waals surface area contributed by atoms with E-state index in [0.29, 0.717) is 29.7 Å². The monoisotopic (exact) mass is 388 g/mol. The molecule has 4 rings (SSSR count). The molecular weight excluding hydrogens is 356 g/mol. The highest BCUT2D eigenvalue weighted by Gasteiger charge is 2.35. The lowest BCUT2D eigenvalue weighted by molar-refractivity contribution is -0.136. The van der Waals surface area contributed by atoms with Crippen molar-refractivity contribution in [2.45, 2.75) is 57.9 Å². The van der Waals surface area contributed by atoms with E-state index in [1.807, 2.05) is 11.8 Å². The Morgan fingerprint density at radius 1 is 1.04 bits per heavy atom. The zero-order valence-corrected chi connectivity index (χ0v) is 16.9. The lowest BCUT2D eigenvalue weighted by Gasteiger charge is -2.42. The minimum absolute atomic E-state index is 0.0391. The molecule has 3 fully saturated rings. The molecule has 7 nitrogen and oxygen atoms in total. The molecule has 1 aromatic heterocycles. The summed E-state index contributed by atoms with van der Waals surface area (Å²) in [5.74, 6) is 1.24. The molecule has 3 saturated heterocycles. The number of amides is 2. The van der Waals surface area contributed by atoms with Crippen LogP contribution in [-0.2, 0) is 11.2 Å². The van der Waals surface area contributed by atoms with E-state index < -0.39 is 0 Å². The van der Waals surface area contributed by atoms with Crippen LogP contribution in [0.2, 0.25) is 0 Å². The zero-order valence-electron chi connectivity index (χ0n) is 16.9. The molecule has 0 unspecified atom stereocenters. The molecule has 1 atom stereocenters. The molecule has 0 N–H and O–H groups in total. The highest BCUT2D eigenvalue weighted by atomic mass is 16.5. The van der Waals surface area contributed by atoms with E-state index in [-0.39, 0.29) is 11.8 Å². The standard InChI is InChI=1S/C21H32N4O3/c1-2-19-18(14-22-28-19)21(27)24-12-7-17(8-13-24)25-11-5-6-16(15-25)20(26)23-9-3-4-10-23/h14,16-17H,2-13,15H2,1H3/t16-/m1/s1. The molecule has 154 valence electrons. The topological polar surface area (TPSA) is 69.9 Å². The van der Waals surface area contributed by atoms with Crippen molar-refractivity contribution in [1.29, 1.82) is 0 Å². The number of likely N-dealkylation sites (tertiary alicyclic amines) is 3. The number of carbonyl (C=O) groups is 2. The summed E-state index contributed by atoms with van der Waals surface area (Å²) in [7, 11) is 0. The van der Waals surface area contributed by atoms with Gasteiger partial charge in [-0.3, -0.25) is 14.5 Å². The average Bonchev–Trinajstić information content (AvgIpc) is 3.45. The molecule has 4 heterocycles. The molecular formula is C21H32N4O3. The first-order valence-corrected chi connectivity index (χ1v) is 10.9. The second-order valence-electron chi connectivity index (χ2n) is 8.41. The van der Waals surface area contributed by atoms with Crippen molar-refractivity contribution in [3.63, 3.8) is 0 Å². The predicted octanol–water partition coefficient (Wildman–Crippen LogP) is 2.18. The maximum Gasteiger partial charge on any atom is 0.259 e. The van der Waals surface area contributed by atoms with Crippen molar-refractivity contribution in [3.05, 3.63) is 17.5 Å². The summed E-state index contributed by atoms with van der Waals surface area (Å²) in [6.45, 7) is 7.35. The predicted molar refractivity (Wildman–Crippen MR) is 105 cm³/mol. The molecule has 1 aromatic rings. The summed E-state index contributed by atoms with van der Waals surface area (Å²) in [5.41, 5.74) is 0.607. The average molecular weight is 389 g/mol. The van der Waals surface area contributed by atoms with Gasteiger partial charge in [-0.15, -0.1) is 0 Å². The van der Waals surface area contributed by atoms with Gasteiger partial charge in [0.25, 0.3) is 5.91 Å². The molecule has 7 heteroatoms. The number of hydrogen-bond acceptors (Lipinski definition) is 5. The third-order valence-electron chi connectivity index (χ3n) is 6.68. The normalized spacial score (nSPS) is 24.7. The van der Waals surface area contributed by atoms with Gasteiger partial charge in [0.2, 0.25) is 5.91 Å². The first-order chi connectivity index (χ1) is 13.7. The SMILES string of the molecule is CCc1oncc1C(=O)N1CCC(N2CCC[C@@H](C(=O)N3CCCC3)C2)CC1. The number of aromatic nitrogens is 1. The summed E-state index contributed by atoms with van der Waals surface area (Å²) >= 11 is 0. The van der Waals surface area contributed by atoms with Crippen LogP contribution in [0.1, 0.15) is 61.6 Å². The maximum atomic E-state index is 12.8. The van der Waals surface area contributed by atoms with Crippen molar-refractivity contribution in [2.24, 2.45) is 5.92 Å². The number of rotatable bonds is 4.